The van der Waals surface area contributed by atoms with Crippen LogP contribution >= 0.6 is 18.9 Å². The number of hydrogen-bond donors (Lipinski definition) is 1. The first-order chi connectivity index (χ1) is 16.2. The van der Waals surface area contributed by atoms with E-state index in [2.05, 4.69) is 4.85 Å². The predicted molar refractivity (Wildman–Crippen MR) is 126 cm³/mol. The van der Waals surface area contributed by atoms with Crippen molar-refractivity contribution in [3.8, 4) is 11.8 Å². The molecule has 0 fully saturated rings. The third-order valence-electron chi connectivity index (χ3n) is 4.82. The fraction of sp³-hybridized carbons (Fsp3) is 0.238. The van der Waals surface area contributed by atoms with Gasteiger partial charge in [0, 0.05) is 24.5 Å². The molecule has 184 valence electrons. The second kappa shape index (κ2) is 9.51. The molecular weight excluding hydrogens is 526 g/mol. The third kappa shape index (κ3) is 5.77. The monoisotopic (exact) mass is 543 g/mol. The Morgan fingerprint density at radius 2 is 1.94 bits per heavy atom. The average molecular weight is 543 g/mol. The Balaban J connectivity index is 1.84. The van der Waals surface area contributed by atoms with E-state index in [4.69, 9.17) is 16.4 Å². The maximum atomic E-state index is 13.1. The van der Waals surface area contributed by atoms with Gasteiger partial charge in [-0.25, -0.2) is 17.8 Å². The standard InChI is InChI=1S/C21H17F3N3O5PS2/c1-26-19-17(27(2)3)7-5-13-10-18(34-20(13)19)35(30,31)9-8-33(28,29)32-15-6-4-14(12-25)16(11-15)21(22,23)24/h4-7,10-11H,8-9H2,2-3H3,(H,28,29). The Morgan fingerprint density at radius 3 is 2.51 bits per heavy atom. The van der Waals surface area contributed by atoms with Crippen LogP contribution < -0.4 is 9.42 Å². The molecule has 0 aliphatic heterocycles. The van der Waals surface area contributed by atoms with Crippen LogP contribution in [0.4, 0.5) is 24.5 Å². The van der Waals surface area contributed by atoms with Crippen molar-refractivity contribution >= 4 is 50.2 Å². The molecule has 0 radical (unpaired) electrons. The van der Waals surface area contributed by atoms with Crippen LogP contribution in [0.25, 0.3) is 14.9 Å². The summed E-state index contributed by atoms with van der Waals surface area (Å²) in [6, 6.07) is 8.22. The lowest BCUT2D eigenvalue weighted by atomic mass is 10.1. The van der Waals surface area contributed by atoms with E-state index < -0.39 is 52.4 Å². The van der Waals surface area contributed by atoms with Crippen molar-refractivity contribution in [1.82, 2.24) is 0 Å². The fourth-order valence-corrected chi connectivity index (χ4v) is 7.95. The molecule has 1 N–H and O–H groups in total. The number of thiophene rings is 1. The summed E-state index contributed by atoms with van der Waals surface area (Å²) in [4.78, 5) is 15.3. The van der Waals surface area contributed by atoms with Gasteiger partial charge in [-0.1, -0.05) is 6.07 Å². The Hall–Kier alpha value is -3.09. The SMILES string of the molecule is [C-]#[N+]c1c(N(C)C)ccc2cc(S(=O)(=O)CCP(=O)(O)Oc3ccc(C#N)c(C(F)(F)F)c3)sc12. The zero-order valence-corrected chi connectivity index (χ0v) is 20.7. The normalized spacial score (nSPS) is 13.6. The highest BCUT2D eigenvalue weighted by Crippen LogP contribution is 2.46. The fourth-order valence-electron chi connectivity index (χ4n) is 3.14. The topological polar surface area (TPSA) is 112 Å². The molecule has 0 aliphatic rings. The number of hydrogen-bond acceptors (Lipinski definition) is 7. The third-order valence-corrected chi connectivity index (χ3v) is 9.85. The summed E-state index contributed by atoms with van der Waals surface area (Å²) in [6.45, 7) is 7.45. The molecule has 3 aromatic rings. The van der Waals surface area contributed by atoms with Gasteiger partial charge in [-0.15, -0.1) is 11.3 Å². The lowest BCUT2D eigenvalue weighted by Gasteiger charge is -2.15. The van der Waals surface area contributed by atoms with Crippen molar-refractivity contribution in [2.45, 2.75) is 10.4 Å². The largest absolute Gasteiger partial charge is 0.424 e. The van der Waals surface area contributed by atoms with E-state index in [0.29, 0.717) is 21.8 Å². The summed E-state index contributed by atoms with van der Waals surface area (Å²) >= 11 is 0.854. The summed E-state index contributed by atoms with van der Waals surface area (Å²) < 4.78 is 82.6. The van der Waals surface area contributed by atoms with E-state index in [9.17, 15) is 31.0 Å². The van der Waals surface area contributed by atoms with Gasteiger partial charge in [0.15, 0.2) is 9.84 Å². The van der Waals surface area contributed by atoms with E-state index in [0.717, 1.165) is 23.5 Å². The van der Waals surface area contributed by atoms with Gasteiger partial charge in [-0.3, -0.25) is 0 Å². The second-order valence-corrected chi connectivity index (χ2v) is 12.8. The van der Waals surface area contributed by atoms with Gasteiger partial charge in [0.2, 0.25) is 5.69 Å². The van der Waals surface area contributed by atoms with Gasteiger partial charge in [0.25, 0.3) is 0 Å². The first-order valence-electron chi connectivity index (χ1n) is 9.65. The van der Waals surface area contributed by atoms with E-state index in [-0.39, 0.29) is 9.90 Å². The van der Waals surface area contributed by atoms with Gasteiger partial charge in [-0.2, -0.15) is 18.4 Å². The van der Waals surface area contributed by atoms with E-state index in [1.807, 2.05) is 0 Å². The lowest BCUT2D eigenvalue weighted by Crippen LogP contribution is -2.12. The molecule has 35 heavy (non-hydrogen) atoms. The van der Waals surface area contributed by atoms with Crippen LogP contribution in [0, 0.1) is 17.9 Å². The van der Waals surface area contributed by atoms with Crippen LogP contribution in [-0.4, -0.2) is 39.3 Å². The molecule has 1 heterocycles. The molecule has 0 saturated heterocycles. The van der Waals surface area contributed by atoms with Crippen molar-refractivity contribution in [2.24, 2.45) is 0 Å². The van der Waals surface area contributed by atoms with Crippen LogP contribution in [0.1, 0.15) is 11.1 Å². The number of benzene rings is 2. The number of anilines is 1. The maximum Gasteiger partial charge on any atom is 0.417 e. The minimum absolute atomic E-state index is 0.119. The molecular formula is C21H17F3N3O5PS2. The number of alkyl halides is 3. The molecule has 3 rings (SSSR count). The van der Waals surface area contributed by atoms with Gasteiger partial charge in [0.1, 0.15) is 9.96 Å². The highest BCUT2D eigenvalue weighted by molar-refractivity contribution is 7.94. The first kappa shape index (κ1) is 26.5. The highest BCUT2D eigenvalue weighted by atomic mass is 32.2. The highest BCUT2D eigenvalue weighted by Gasteiger charge is 2.35. The lowest BCUT2D eigenvalue weighted by molar-refractivity contribution is -0.137. The molecule has 2 aromatic carbocycles. The molecule has 1 aromatic heterocycles. The summed E-state index contributed by atoms with van der Waals surface area (Å²) in [6.07, 6.45) is -5.78. The summed E-state index contributed by atoms with van der Waals surface area (Å²) in [5.41, 5.74) is -1.16. The van der Waals surface area contributed by atoms with Crippen LogP contribution in [-0.2, 0) is 20.6 Å². The number of halogens is 3. The van der Waals surface area contributed by atoms with Crippen molar-refractivity contribution < 1.29 is 35.6 Å². The molecule has 0 aliphatic carbocycles. The molecule has 0 spiro atoms. The molecule has 1 atom stereocenters. The average Bonchev–Trinajstić information content (AvgIpc) is 3.22. The van der Waals surface area contributed by atoms with Crippen LogP contribution in [0.5, 0.6) is 5.75 Å². The quantitative estimate of drug-likeness (QED) is 0.312. The Kier molecular flexibility index (Phi) is 7.21. The maximum absolute atomic E-state index is 13.1. The van der Waals surface area contributed by atoms with Crippen LogP contribution in [0.15, 0.2) is 40.6 Å². The van der Waals surface area contributed by atoms with E-state index >= 15 is 0 Å². The smallest absolute Gasteiger partial charge is 0.417 e. The van der Waals surface area contributed by atoms with Gasteiger partial charge in [0.05, 0.1) is 35.7 Å². The number of nitriles is 1. The summed E-state index contributed by atoms with van der Waals surface area (Å²) in [7, 11) is -5.28. The molecule has 0 amide bonds. The van der Waals surface area contributed by atoms with Crippen molar-refractivity contribution in [1.29, 1.82) is 5.26 Å². The van der Waals surface area contributed by atoms with Crippen LogP contribution in [0.2, 0.25) is 0 Å². The minimum atomic E-state index is -4.90. The van der Waals surface area contributed by atoms with E-state index in [1.54, 1.807) is 31.1 Å². The van der Waals surface area contributed by atoms with E-state index in [1.165, 1.54) is 12.1 Å². The second-order valence-electron chi connectivity index (χ2n) is 7.51. The molecule has 0 saturated carbocycles. The Morgan fingerprint density at radius 1 is 1.26 bits per heavy atom. The van der Waals surface area contributed by atoms with Crippen molar-refractivity contribution in [3.63, 3.8) is 0 Å². The van der Waals surface area contributed by atoms with Gasteiger partial charge < -0.3 is 14.3 Å². The Bertz CT molecular complexity index is 1540. The molecule has 8 nitrogen and oxygen atoms in total. The van der Waals surface area contributed by atoms with Gasteiger partial charge >= 0.3 is 13.8 Å². The molecule has 0 bridgehead atoms. The van der Waals surface area contributed by atoms with Crippen LogP contribution in [0.3, 0.4) is 0 Å². The zero-order valence-electron chi connectivity index (χ0n) is 18.2. The molecule has 14 heteroatoms. The first-order valence-corrected chi connectivity index (χ1v) is 13.9. The Labute approximate surface area is 203 Å². The zero-order chi connectivity index (χ0) is 26.2. The van der Waals surface area contributed by atoms with Crippen molar-refractivity contribution in [3.05, 3.63) is 58.9 Å². The number of sulfone groups is 1. The number of fused-ring (bicyclic) bond motifs is 1. The van der Waals surface area contributed by atoms with Gasteiger partial charge in [-0.05, 0) is 35.7 Å². The summed E-state index contributed by atoms with van der Waals surface area (Å²) in [5.74, 6) is -1.44. The number of nitrogens with zero attached hydrogens (tertiary/aromatic N) is 3. The summed E-state index contributed by atoms with van der Waals surface area (Å²) in [5, 5.41) is 9.35. The predicted octanol–water partition coefficient (Wildman–Crippen LogP) is 5.45. The molecule has 1 unspecified atom stereocenters. The minimum Gasteiger partial charge on any atom is -0.424 e. The number of rotatable bonds is 7. The van der Waals surface area contributed by atoms with Crippen molar-refractivity contribution in [2.75, 3.05) is 30.9 Å².